The standard InChI is InChI=1S/C16H15ClF3NO5S.C14H26N2/c17-10-3-1-2-4-12(10)27(25,26)9-7-11(13(22)23)21(8-9)14(24)15(5-6-15)16(18,19)20;1-2-3-4-5-6-7-8-9-12-16-14(13-15)10-11-14/h1-4,9,11H,5-8H2,(H,22,23);16H,2-12H2,1H3/t9-,11+;/m1./s1. The van der Waals surface area contributed by atoms with Crippen molar-refractivity contribution < 1.29 is 36.3 Å². The first-order valence-corrected chi connectivity index (χ1v) is 16.9. The number of hydrogen-bond donors (Lipinski definition) is 2. The minimum absolute atomic E-state index is 0.0805. The zero-order valence-corrected chi connectivity index (χ0v) is 26.0. The van der Waals surface area contributed by atoms with Gasteiger partial charge in [0.15, 0.2) is 9.84 Å². The van der Waals surface area contributed by atoms with Crippen LogP contribution in [0.1, 0.15) is 90.4 Å². The highest BCUT2D eigenvalue weighted by Gasteiger charge is 2.70. The molecule has 3 aliphatic rings. The average molecular weight is 648 g/mol. The van der Waals surface area contributed by atoms with Gasteiger partial charge >= 0.3 is 12.1 Å². The Kier molecular flexibility index (Phi) is 11.9. The van der Waals surface area contributed by atoms with Crippen LogP contribution in [0.3, 0.4) is 0 Å². The van der Waals surface area contributed by atoms with Crippen LogP contribution in [0.5, 0.6) is 0 Å². The van der Waals surface area contributed by atoms with E-state index in [1.165, 1.54) is 75.6 Å². The van der Waals surface area contributed by atoms with E-state index in [0.29, 0.717) is 4.90 Å². The lowest BCUT2D eigenvalue weighted by atomic mass is 10.0. The van der Waals surface area contributed by atoms with Gasteiger partial charge in [0.1, 0.15) is 17.0 Å². The number of aliphatic carboxylic acids is 1. The van der Waals surface area contributed by atoms with Crippen molar-refractivity contribution in [1.82, 2.24) is 10.2 Å². The monoisotopic (exact) mass is 647 g/mol. The quantitative estimate of drug-likeness (QED) is 0.227. The third-order valence-electron chi connectivity index (χ3n) is 8.55. The van der Waals surface area contributed by atoms with E-state index < -0.39 is 70.4 Å². The highest BCUT2D eigenvalue weighted by Crippen LogP contribution is 2.59. The van der Waals surface area contributed by atoms with Crippen LogP contribution in [-0.2, 0) is 19.4 Å². The van der Waals surface area contributed by atoms with Gasteiger partial charge in [0.05, 0.1) is 21.2 Å². The first kappa shape index (κ1) is 35.1. The summed E-state index contributed by atoms with van der Waals surface area (Å²) in [4.78, 5) is 24.3. The van der Waals surface area contributed by atoms with Crippen molar-refractivity contribution in [2.24, 2.45) is 5.41 Å². The Hall–Kier alpha value is -2.36. The molecule has 0 bridgehead atoms. The zero-order chi connectivity index (χ0) is 31.9. The van der Waals surface area contributed by atoms with Gasteiger partial charge in [-0.25, -0.2) is 13.2 Å². The number of halogens is 4. The first-order chi connectivity index (χ1) is 20.2. The van der Waals surface area contributed by atoms with Gasteiger partial charge in [0, 0.05) is 6.54 Å². The van der Waals surface area contributed by atoms with Crippen molar-refractivity contribution in [2.45, 2.75) is 118 Å². The number of benzene rings is 1. The van der Waals surface area contributed by atoms with E-state index in [1.807, 2.05) is 0 Å². The number of nitriles is 1. The predicted octanol–water partition coefficient (Wildman–Crippen LogP) is 6.28. The summed E-state index contributed by atoms with van der Waals surface area (Å²) in [6.45, 7) is 2.66. The highest BCUT2D eigenvalue weighted by molar-refractivity contribution is 7.92. The minimum atomic E-state index is -4.81. The number of nitrogens with zero attached hydrogens (tertiary/aromatic N) is 2. The van der Waals surface area contributed by atoms with E-state index in [0.717, 1.165) is 19.4 Å². The molecule has 1 aromatic rings. The third-order valence-corrected chi connectivity index (χ3v) is 11.2. The molecule has 0 radical (unpaired) electrons. The highest BCUT2D eigenvalue weighted by atomic mass is 35.5. The Morgan fingerprint density at radius 3 is 2.14 bits per heavy atom. The molecule has 1 amide bonds. The van der Waals surface area contributed by atoms with Crippen molar-refractivity contribution >= 4 is 33.3 Å². The fourth-order valence-corrected chi connectivity index (χ4v) is 7.61. The van der Waals surface area contributed by atoms with E-state index in [9.17, 15) is 36.3 Å². The van der Waals surface area contributed by atoms with Crippen molar-refractivity contribution in [3.63, 3.8) is 0 Å². The van der Waals surface area contributed by atoms with Crippen LogP contribution < -0.4 is 5.32 Å². The lowest BCUT2D eigenvalue weighted by molar-refractivity contribution is -0.199. The number of hydrogen-bond acceptors (Lipinski definition) is 6. The molecule has 1 saturated heterocycles. The summed E-state index contributed by atoms with van der Waals surface area (Å²) in [5, 5.41) is 20.1. The number of nitrogens with one attached hydrogen (secondary N) is 1. The Labute approximate surface area is 256 Å². The maximum Gasteiger partial charge on any atom is 0.403 e. The maximum atomic E-state index is 13.2. The number of likely N-dealkylation sites (tertiary alicyclic amines) is 1. The molecule has 0 unspecified atom stereocenters. The molecule has 0 spiro atoms. The molecule has 2 saturated carbocycles. The molecule has 0 aromatic heterocycles. The molecule has 8 nitrogen and oxygen atoms in total. The summed E-state index contributed by atoms with van der Waals surface area (Å²) in [7, 11) is -4.13. The van der Waals surface area contributed by atoms with Crippen LogP contribution in [0.2, 0.25) is 5.02 Å². The first-order valence-electron chi connectivity index (χ1n) is 15.0. The van der Waals surface area contributed by atoms with Gasteiger partial charge in [0.25, 0.3) is 0 Å². The van der Waals surface area contributed by atoms with Crippen LogP contribution in [0, 0.1) is 16.7 Å². The number of carbonyl (C=O) groups excluding carboxylic acids is 1. The van der Waals surface area contributed by atoms with Gasteiger partial charge in [-0.1, -0.05) is 75.6 Å². The van der Waals surface area contributed by atoms with Gasteiger partial charge in [-0.3, -0.25) is 10.1 Å². The molecule has 43 heavy (non-hydrogen) atoms. The topological polar surface area (TPSA) is 128 Å². The number of alkyl halides is 3. The molecule has 2 atom stereocenters. The van der Waals surface area contributed by atoms with Crippen LogP contribution in [0.15, 0.2) is 29.2 Å². The molecule has 2 aliphatic carbocycles. The van der Waals surface area contributed by atoms with Crippen molar-refractivity contribution in [2.75, 3.05) is 13.1 Å². The van der Waals surface area contributed by atoms with Gasteiger partial charge in [-0.2, -0.15) is 18.4 Å². The van der Waals surface area contributed by atoms with E-state index >= 15 is 0 Å². The van der Waals surface area contributed by atoms with Crippen molar-refractivity contribution in [3.05, 3.63) is 29.3 Å². The summed E-state index contributed by atoms with van der Waals surface area (Å²) >= 11 is 5.90. The van der Waals surface area contributed by atoms with Gasteiger partial charge in [-0.05, 0) is 57.2 Å². The Morgan fingerprint density at radius 1 is 1.07 bits per heavy atom. The molecule has 1 aliphatic heterocycles. The van der Waals surface area contributed by atoms with Crippen LogP contribution in [0.25, 0.3) is 0 Å². The molecular formula is C30H41ClF3N3O5S. The average Bonchev–Trinajstić information content (AvgIpc) is 3.88. The largest absolute Gasteiger partial charge is 0.480 e. The number of rotatable bonds is 14. The number of carboxylic acid groups (broad SMARTS) is 1. The second-order valence-corrected chi connectivity index (χ2v) is 14.4. The Morgan fingerprint density at radius 2 is 1.65 bits per heavy atom. The van der Waals surface area contributed by atoms with Gasteiger partial charge < -0.3 is 10.0 Å². The van der Waals surface area contributed by atoms with Crippen molar-refractivity contribution in [3.8, 4) is 6.07 Å². The van der Waals surface area contributed by atoms with Crippen LogP contribution >= 0.6 is 11.6 Å². The molecule has 1 heterocycles. The maximum absolute atomic E-state index is 13.2. The number of carboxylic acids is 1. The van der Waals surface area contributed by atoms with Gasteiger partial charge in [0.2, 0.25) is 5.91 Å². The molecule has 1 aromatic carbocycles. The summed E-state index contributed by atoms with van der Waals surface area (Å²) in [5.41, 5.74) is -2.72. The molecule has 13 heteroatoms. The SMILES string of the molecule is CCCCCCCCCCNC1(C#N)CC1.O=C(O)[C@@H]1C[C@@H](S(=O)(=O)c2ccccc2Cl)CN1C(=O)C1(C(F)(F)F)CC1. The van der Waals surface area contributed by atoms with E-state index in [-0.39, 0.29) is 15.5 Å². The van der Waals surface area contributed by atoms with E-state index in [4.69, 9.17) is 16.9 Å². The summed E-state index contributed by atoms with van der Waals surface area (Å²) < 4.78 is 65.4. The van der Waals surface area contributed by atoms with Crippen LogP contribution in [-0.4, -0.2) is 66.4 Å². The molecular weight excluding hydrogens is 607 g/mol. The zero-order valence-electron chi connectivity index (χ0n) is 24.5. The molecule has 2 N–H and O–H groups in total. The number of sulfone groups is 1. The van der Waals surface area contributed by atoms with E-state index in [2.05, 4.69) is 18.3 Å². The van der Waals surface area contributed by atoms with Gasteiger partial charge in [-0.15, -0.1) is 0 Å². The summed E-state index contributed by atoms with van der Waals surface area (Å²) in [5.74, 6) is -2.92. The predicted molar refractivity (Wildman–Crippen MR) is 156 cm³/mol. The Bertz CT molecular complexity index is 1280. The van der Waals surface area contributed by atoms with E-state index in [1.54, 1.807) is 0 Å². The smallest absolute Gasteiger partial charge is 0.403 e. The van der Waals surface area contributed by atoms with Crippen molar-refractivity contribution in [1.29, 1.82) is 5.26 Å². The minimum Gasteiger partial charge on any atom is -0.480 e. The molecule has 4 rings (SSSR count). The third kappa shape index (κ3) is 8.64. The fraction of sp³-hybridized carbons (Fsp3) is 0.700. The lowest BCUT2D eigenvalue weighted by Gasteiger charge is -2.28. The number of amides is 1. The lowest BCUT2D eigenvalue weighted by Crippen LogP contribution is -2.48. The second kappa shape index (κ2) is 14.6. The number of carbonyl (C=O) groups is 2. The Balaban J connectivity index is 0.000000271. The summed E-state index contributed by atoms with van der Waals surface area (Å²) in [6, 6.07) is 6.23. The fourth-order valence-electron chi connectivity index (χ4n) is 5.39. The second-order valence-electron chi connectivity index (χ2n) is 11.8. The summed E-state index contributed by atoms with van der Waals surface area (Å²) in [6.07, 6.45) is 6.80. The normalized spacial score (nSPS) is 21.8. The molecule has 3 fully saturated rings. The molecule has 240 valence electrons. The van der Waals surface area contributed by atoms with Crippen LogP contribution in [0.4, 0.5) is 13.2 Å². The number of unbranched alkanes of at least 4 members (excludes halogenated alkanes) is 7.